The Kier molecular flexibility index (Phi) is 10.0. The Morgan fingerprint density at radius 1 is 1.05 bits per heavy atom. The van der Waals surface area contributed by atoms with Crippen molar-refractivity contribution in [3.05, 3.63) is 11.6 Å². The van der Waals surface area contributed by atoms with Crippen molar-refractivity contribution in [1.82, 2.24) is 0 Å². The highest BCUT2D eigenvalue weighted by Gasteiger charge is 2.22. The Morgan fingerprint density at radius 2 is 1.45 bits per heavy atom. The number of hydrogen-bond acceptors (Lipinski definition) is 6. The SMILES string of the molecule is C(COCC1CO1)OCCOCC1CO1.CC=C(C)C(=O)O. The zero-order chi connectivity index (χ0) is 16.2. The van der Waals surface area contributed by atoms with Gasteiger partial charge in [0.1, 0.15) is 12.2 Å². The third kappa shape index (κ3) is 11.6. The molecule has 2 rings (SSSR count). The quantitative estimate of drug-likeness (QED) is 0.343. The summed E-state index contributed by atoms with van der Waals surface area (Å²) >= 11 is 0. The third-order valence-electron chi connectivity index (χ3n) is 2.93. The summed E-state index contributed by atoms with van der Waals surface area (Å²) in [5.74, 6) is -0.845. The van der Waals surface area contributed by atoms with Gasteiger partial charge in [0.25, 0.3) is 0 Å². The number of epoxide rings is 2. The number of carbonyl (C=O) groups is 1. The summed E-state index contributed by atoms with van der Waals surface area (Å²) in [5, 5.41) is 8.11. The highest BCUT2D eigenvalue weighted by atomic mass is 16.6. The van der Waals surface area contributed by atoms with Gasteiger partial charge in [0, 0.05) is 5.57 Å². The second-order valence-electron chi connectivity index (χ2n) is 4.95. The predicted octanol–water partition coefficient (Wildman–Crippen LogP) is 0.871. The molecule has 22 heavy (non-hydrogen) atoms. The Hall–Kier alpha value is -0.990. The summed E-state index contributed by atoms with van der Waals surface area (Å²) in [4.78, 5) is 9.86. The van der Waals surface area contributed by atoms with Crippen molar-refractivity contribution in [2.75, 3.05) is 52.9 Å². The van der Waals surface area contributed by atoms with Crippen LogP contribution in [-0.4, -0.2) is 76.1 Å². The van der Waals surface area contributed by atoms with Crippen LogP contribution in [0.2, 0.25) is 0 Å². The molecule has 2 aliphatic rings. The number of allylic oxidation sites excluding steroid dienone is 1. The highest BCUT2D eigenvalue weighted by Crippen LogP contribution is 2.08. The van der Waals surface area contributed by atoms with E-state index in [2.05, 4.69) is 0 Å². The van der Waals surface area contributed by atoms with Crippen LogP contribution in [0.25, 0.3) is 0 Å². The summed E-state index contributed by atoms with van der Waals surface area (Å²) in [5.41, 5.74) is 0.389. The first kappa shape index (κ1) is 19.1. The average Bonchev–Trinajstić information content (AvgIpc) is 3.39. The maximum atomic E-state index is 9.86. The van der Waals surface area contributed by atoms with E-state index in [9.17, 15) is 4.79 Å². The van der Waals surface area contributed by atoms with Gasteiger partial charge in [0.05, 0.1) is 52.9 Å². The zero-order valence-electron chi connectivity index (χ0n) is 13.3. The average molecular weight is 318 g/mol. The lowest BCUT2D eigenvalue weighted by atomic mass is 10.3. The molecule has 0 aromatic carbocycles. The Labute approximate surface area is 131 Å². The van der Waals surface area contributed by atoms with E-state index in [1.165, 1.54) is 0 Å². The van der Waals surface area contributed by atoms with E-state index in [4.69, 9.17) is 28.8 Å². The number of carboxylic acids is 1. The van der Waals surface area contributed by atoms with E-state index >= 15 is 0 Å². The molecule has 2 aliphatic heterocycles. The zero-order valence-corrected chi connectivity index (χ0v) is 13.3. The fourth-order valence-corrected chi connectivity index (χ4v) is 1.22. The van der Waals surface area contributed by atoms with Crippen LogP contribution in [0.5, 0.6) is 0 Å². The normalized spacial score (nSPS) is 22.7. The van der Waals surface area contributed by atoms with Crippen LogP contribution in [0, 0.1) is 0 Å². The van der Waals surface area contributed by atoms with Crippen molar-refractivity contribution >= 4 is 5.97 Å². The fraction of sp³-hybridized carbons (Fsp3) is 0.800. The number of hydrogen-bond donors (Lipinski definition) is 1. The number of aliphatic carboxylic acids is 1. The predicted molar refractivity (Wildman–Crippen MR) is 79.0 cm³/mol. The second kappa shape index (κ2) is 11.6. The summed E-state index contributed by atoms with van der Waals surface area (Å²) in [7, 11) is 0. The number of carboxylic acid groups (broad SMARTS) is 1. The minimum absolute atomic E-state index is 0.340. The van der Waals surface area contributed by atoms with Crippen molar-refractivity contribution < 1.29 is 33.6 Å². The standard InChI is InChI=1S/C10H18O5.C5H8O2/c1(3-12-5-9-7-14-9)11-2-4-13-6-10-8-15-10;1-3-4(2)5(6)7/h9-10H,1-8H2;3H,1-2H3,(H,6,7). The lowest BCUT2D eigenvalue weighted by Crippen LogP contribution is -2.12. The van der Waals surface area contributed by atoms with Gasteiger partial charge in [0.15, 0.2) is 0 Å². The molecule has 0 spiro atoms. The molecule has 0 aliphatic carbocycles. The lowest BCUT2D eigenvalue weighted by molar-refractivity contribution is -0.132. The molecule has 0 saturated carbocycles. The van der Waals surface area contributed by atoms with Gasteiger partial charge < -0.3 is 28.8 Å². The van der Waals surface area contributed by atoms with E-state index in [0.29, 0.717) is 57.4 Å². The minimum atomic E-state index is -0.845. The minimum Gasteiger partial charge on any atom is -0.478 e. The van der Waals surface area contributed by atoms with Crippen LogP contribution in [-0.2, 0) is 28.5 Å². The maximum Gasteiger partial charge on any atom is 0.330 e. The molecule has 0 aromatic heterocycles. The van der Waals surface area contributed by atoms with E-state index in [0.717, 1.165) is 13.2 Å². The molecule has 0 bridgehead atoms. The van der Waals surface area contributed by atoms with Crippen molar-refractivity contribution in [3.63, 3.8) is 0 Å². The van der Waals surface area contributed by atoms with Crippen molar-refractivity contribution in [3.8, 4) is 0 Å². The van der Waals surface area contributed by atoms with Gasteiger partial charge in [-0.05, 0) is 13.8 Å². The molecule has 2 saturated heterocycles. The first-order valence-corrected chi connectivity index (χ1v) is 7.46. The smallest absolute Gasteiger partial charge is 0.330 e. The van der Waals surface area contributed by atoms with Crippen molar-refractivity contribution in [2.45, 2.75) is 26.1 Å². The molecule has 0 amide bonds. The Morgan fingerprint density at radius 3 is 1.73 bits per heavy atom. The van der Waals surface area contributed by atoms with Crippen LogP contribution in [0.4, 0.5) is 0 Å². The van der Waals surface area contributed by atoms with Crippen LogP contribution < -0.4 is 0 Å². The highest BCUT2D eigenvalue weighted by molar-refractivity contribution is 5.85. The largest absolute Gasteiger partial charge is 0.478 e. The van der Waals surface area contributed by atoms with Gasteiger partial charge in [-0.3, -0.25) is 0 Å². The molecular formula is C15H26O7. The summed E-state index contributed by atoms with van der Waals surface area (Å²) in [6.07, 6.45) is 2.24. The Bertz CT molecular complexity index is 317. The monoisotopic (exact) mass is 318 g/mol. The van der Waals surface area contributed by atoms with E-state index < -0.39 is 5.97 Å². The van der Waals surface area contributed by atoms with E-state index in [-0.39, 0.29) is 0 Å². The van der Waals surface area contributed by atoms with Crippen LogP contribution in [0.15, 0.2) is 11.6 Å². The fourth-order valence-electron chi connectivity index (χ4n) is 1.22. The van der Waals surface area contributed by atoms with E-state index in [1.54, 1.807) is 19.9 Å². The molecule has 128 valence electrons. The number of rotatable bonds is 11. The maximum absolute atomic E-state index is 9.86. The number of ether oxygens (including phenoxy) is 5. The summed E-state index contributed by atoms with van der Waals surface area (Å²) < 4.78 is 25.9. The van der Waals surface area contributed by atoms with Crippen LogP contribution >= 0.6 is 0 Å². The van der Waals surface area contributed by atoms with E-state index in [1.807, 2.05) is 0 Å². The van der Waals surface area contributed by atoms with Gasteiger partial charge in [-0.1, -0.05) is 6.08 Å². The Balaban J connectivity index is 0.000000295. The first-order valence-electron chi connectivity index (χ1n) is 7.46. The van der Waals surface area contributed by atoms with Crippen molar-refractivity contribution in [1.29, 1.82) is 0 Å². The van der Waals surface area contributed by atoms with Crippen LogP contribution in [0.1, 0.15) is 13.8 Å². The molecule has 0 radical (unpaired) electrons. The van der Waals surface area contributed by atoms with Crippen molar-refractivity contribution in [2.24, 2.45) is 0 Å². The summed E-state index contributed by atoms with van der Waals surface area (Å²) in [6.45, 7) is 8.84. The molecule has 7 heteroatoms. The van der Waals surface area contributed by atoms with Gasteiger partial charge >= 0.3 is 5.97 Å². The molecule has 2 fully saturated rings. The molecule has 1 N–H and O–H groups in total. The third-order valence-corrected chi connectivity index (χ3v) is 2.93. The molecular weight excluding hydrogens is 292 g/mol. The van der Waals surface area contributed by atoms with Gasteiger partial charge in [-0.15, -0.1) is 0 Å². The first-order chi connectivity index (χ1) is 10.6. The molecule has 7 nitrogen and oxygen atoms in total. The second-order valence-corrected chi connectivity index (χ2v) is 4.95. The molecule has 0 aromatic rings. The molecule has 2 heterocycles. The van der Waals surface area contributed by atoms with Crippen LogP contribution in [0.3, 0.4) is 0 Å². The topological polar surface area (TPSA) is 90.0 Å². The lowest BCUT2D eigenvalue weighted by Gasteiger charge is -2.05. The van der Waals surface area contributed by atoms with Gasteiger partial charge in [-0.25, -0.2) is 4.79 Å². The van der Waals surface area contributed by atoms with Gasteiger partial charge in [-0.2, -0.15) is 0 Å². The van der Waals surface area contributed by atoms with Gasteiger partial charge in [0.2, 0.25) is 0 Å². The summed E-state index contributed by atoms with van der Waals surface area (Å²) in [6, 6.07) is 0. The molecule has 2 atom stereocenters. The molecule has 2 unspecified atom stereocenters.